The largest absolute Gasteiger partial charge is 0.465 e. The molecule has 1 N–H and O–H groups in total. The normalized spacial score (nSPS) is 22.7. The van der Waals surface area contributed by atoms with Crippen LogP contribution in [0.15, 0.2) is 48.5 Å². The van der Waals surface area contributed by atoms with Gasteiger partial charge in [-0.15, -0.1) is 0 Å². The Balaban J connectivity index is 1.47. The lowest BCUT2D eigenvalue weighted by atomic mass is 9.85. The molecule has 174 valence electrons. The number of piperazine rings is 1. The lowest BCUT2D eigenvalue weighted by Gasteiger charge is -2.48. The summed E-state index contributed by atoms with van der Waals surface area (Å²) in [5, 5.41) is 1.09. The van der Waals surface area contributed by atoms with Crippen LogP contribution >= 0.6 is 0 Å². The van der Waals surface area contributed by atoms with Crippen LogP contribution in [0.5, 0.6) is 0 Å². The number of hydrogen-bond acceptors (Lipinski definition) is 4. The highest BCUT2D eigenvalue weighted by molar-refractivity contribution is 5.98. The fourth-order valence-corrected chi connectivity index (χ4v) is 6.08. The Morgan fingerprint density at radius 2 is 1.76 bits per heavy atom. The molecule has 3 aromatic rings. The van der Waals surface area contributed by atoms with Crippen LogP contribution in [0, 0.1) is 0 Å². The highest BCUT2D eigenvalue weighted by Gasteiger charge is 2.49. The van der Waals surface area contributed by atoms with E-state index in [-0.39, 0.29) is 24.4 Å². The number of fused-ring (bicyclic) bond motifs is 4. The first-order valence-electron chi connectivity index (χ1n) is 12.0. The van der Waals surface area contributed by atoms with E-state index in [1.54, 1.807) is 17.0 Å². The van der Waals surface area contributed by atoms with Crippen LogP contribution in [0.25, 0.3) is 10.9 Å². The minimum Gasteiger partial charge on any atom is -0.465 e. The molecule has 1 saturated carbocycles. The predicted molar refractivity (Wildman–Crippen MR) is 126 cm³/mol. The Morgan fingerprint density at radius 3 is 2.50 bits per heavy atom. The van der Waals surface area contributed by atoms with Crippen LogP contribution in [0.4, 0.5) is 0 Å². The first-order chi connectivity index (χ1) is 16.6. The van der Waals surface area contributed by atoms with E-state index in [9.17, 15) is 14.4 Å². The van der Waals surface area contributed by atoms with Gasteiger partial charge in [-0.1, -0.05) is 43.2 Å². The van der Waals surface area contributed by atoms with Crippen LogP contribution in [-0.2, 0) is 20.7 Å². The molecule has 7 nitrogen and oxygen atoms in total. The molecular formula is C27H27N3O4. The van der Waals surface area contributed by atoms with Gasteiger partial charge in [0.2, 0.25) is 11.8 Å². The van der Waals surface area contributed by atoms with Crippen LogP contribution in [0.2, 0.25) is 0 Å². The number of nitrogens with zero attached hydrogens (tertiary/aromatic N) is 2. The van der Waals surface area contributed by atoms with Gasteiger partial charge in [0.15, 0.2) is 0 Å². The summed E-state index contributed by atoms with van der Waals surface area (Å²) in [6.07, 6.45) is 4.67. The molecule has 0 spiro atoms. The average molecular weight is 458 g/mol. The molecule has 2 fully saturated rings. The first-order valence-corrected chi connectivity index (χ1v) is 12.0. The molecule has 7 heteroatoms. The molecule has 1 saturated heterocycles. The van der Waals surface area contributed by atoms with E-state index in [1.807, 2.05) is 35.2 Å². The lowest BCUT2D eigenvalue weighted by molar-refractivity contribution is -0.160. The maximum absolute atomic E-state index is 13.8. The fourth-order valence-electron chi connectivity index (χ4n) is 6.08. The molecule has 2 amide bonds. The van der Waals surface area contributed by atoms with E-state index in [4.69, 9.17) is 4.74 Å². The van der Waals surface area contributed by atoms with Crippen molar-refractivity contribution in [2.75, 3.05) is 13.7 Å². The van der Waals surface area contributed by atoms with Crippen molar-refractivity contribution in [3.05, 3.63) is 70.9 Å². The molecule has 2 unspecified atom stereocenters. The van der Waals surface area contributed by atoms with E-state index in [0.717, 1.165) is 53.4 Å². The zero-order chi connectivity index (χ0) is 23.4. The summed E-state index contributed by atoms with van der Waals surface area (Å²) >= 11 is 0. The van der Waals surface area contributed by atoms with Crippen LogP contribution in [0.3, 0.4) is 0 Å². The van der Waals surface area contributed by atoms with Crippen LogP contribution in [0.1, 0.15) is 58.9 Å². The van der Waals surface area contributed by atoms with Gasteiger partial charge in [-0.2, -0.15) is 0 Å². The highest BCUT2D eigenvalue weighted by atomic mass is 16.5. The van der Waals surface area contributed by atoms with Crippen molar-refractivity contribution < 1.29 is 19.1 Å². The number of H-pyrrole nitrogens is 1. The van der Waals surface area contributed by atoms with Gasteiger partial charge in [0.05, 0.1) is 18.7 Å². The van der Waals surface area contributed by atoms with Gasteiger partial charge in [0, 0.05) is 29.1 Å². The molecular weight excluding hydrogens is 430 g/mol. The Hall–Kier alpha value is -3.61. The van der Waals surface area contributed by atoms with E-state index >= 15 is 0 Å². The van der Waals surface area contributed by atoms with Crippen molar-refractivity contribution in [2.24, 2.45) is 0 Å². The van der Waals surface area contributed by atoms with E-state index in [2.05, 4.69) is 11.1 Å². The lowest BCUT2D eigenvalue weighted by Crippen LogP contribution is -2.64. The number of aromatic nitrogens is 1. The zero-order valence-electron chi connectivity index (χ0n) is 19.1. The number of benzene rings is 2. The van der Waals surface area contributed by atoms with Crippen molar-refractivity contribution in [2.45, 2.75) is 50.2 Å². The summed E-state index contributed by atoms with van der Waals surface area (Å²) in [5.41, 5.74) is 4.34. The van der Waals surface area contributed by atoms with Gasteiger partial charge in [-0.3, -0.25) is 9.59 Å². The number of ether oxygens (including phenoxy) is 1. The van der Waals surface area contributed by atoms with Gasteiger partial charge >= 0.3 is 5.97 Å². The van der Waals surface area contributed by atoms with Gasteiger partial charge < -0.3 is 19.5 Å². The van der Waals surface area contributed by atoms with E-state index in [1.165, 1.54) is 7.11 Å². The molecule has 0 radical (unpaired) electrons. The molecule has 34 heavy (non-hydrogen) atoms. The van der Waals surface area contributed by atoms with Gasteiger partial charge in [0.25, 0.3) is 0 Å². The van der Waals surface area contributed by atoms with Gasteiger partial charge in [-0.05, 0) is 42.2 Å². The number of methoxy groups -OCH3 is 1. The summed E-state index contributed by atoms with van der Waals surface area (Å²) in [4.78, 5) is 46.5. The first kappa shape index (κ1) is 21.0. The smallest absolute Gasteiger partial charge is 0.337 e. The number of aromatic amines is 1. The second-order valence-electron chi connectivity index (χ2n) is 9.50. The number of carbonyl (C=O) groups excluding carboxylic acids is 3. The summed E-state index contributed by atoms with van der Waals surface area (Å²) in [5.74, 6) is -0.378. The number of carbonyl (C=O) groups is 3. The Bertz CT molecular complexity index is 1290. The number of hydrogen-bond donors (Lipinski definition) is 1. The predicted octanol–water partition coefficient (Wildman–Crippen LogP) is 3.58. The standard InChI is InChI=1S/C27H27N3O4/c1-34-27(33)17-12-10-16(11-13-17)25-24-20(19-8-4-5-9-21(19)28-24)14-22-26(32)29(15-23(31)30(22)25)18-6-2-3-7-18/h4-5,8-13,18,22,25,28H,2-3,6-7,14-15H2,1H3. The molecule has 2 atom stereocenters. The second-order valence-corrected chi connectivity index (χ2v) is 9.50. The average Bonchev–Trinajstić information content (AvgIpc) is 3.53. The SMILES string of the molecule is COC(=O)c1ccc(C2c3[nH]c4ccccc4c3CC3C(=O)N(C4CCCC4)CC(=O)N32)cc1. The topological polar surface area (TPSA) is 82.7 Å². The van der Waals surface area contributed by atoms with Crippen molar-refractivity contribution in [1.29, 1.82) is 0 Å². The molecule has 3 aliphatic rings. The van der Waals surface area contributed by atoms with E-state index in [0.29, 0.717) is 12.0 Å². The van der Waals surface area contributed by atoms with Gasteiger partial charge in [0.1, 0.15) is 12.6 Å². The van der Waals surface area contributed by atoms with Gasteiger partial charge in [-0.25, -0.2) is 4.79 Å². The Labute approximate surface area is 197 Å². The summed E-state index contributed by atoms with van der Waals surface area (Å²) in [6.45, 7) is 0.131. The highest BCUT2D eigenvalue weighted by Crippen LogP contribution is 2.43. The molecule has 1 aliphatic carbocycles. The third-order valence-corrected chi connectivity index (χ3v) is 7.71. The monoisotopic (exact) mass is 457 g/mol. The third kappa shape index (κ3) is 3.14. The maximum Gasteiger partial charge on any atom is 0.337 e. The number of amides is 2. The number of esters is 1. The van der Waals surface area contributed by atoms with Crippen LogP contribution < -0.4 is 0 Å². The Kier molecular flexibility index (Phi) is 4.94. The zero-order valence-corrected chi connectivity index (χ0v) is 19.1. The molecule has 3 heterocycles. The molecule has 2 aliphatic heterocycles. The Morgan fingerprint density at radius 1 is 1.03 bits per heavy atom. The number of nitrogens with one attached hydrogen (secondary N) is 1. The minimum atomic E-state index is -0.529. The quantitative estimate of drug-likeness (QED) is 0.610. The molecule has 6 rings (SSSR count). The molecule has 0 bridgehead atoms. The minimum absolute atomic E-state index is 0.0251. The van der Waals surface area contributed by atoms with Crippen molar-refractivity contribution in [1.82, 2.24) is 14.8 Å². The fraction of sp³-hybridized carbons (Fsp3) is 0.370. The molecule has 2 aromatic carbocycles. The van der Waals surface area contributed by atoms with Crippen molar-refractivity contribution in [3.8, 4) is 0 Å². The number of rotatable bonds is 3. The van der Waals surface area contributed by atoms with Crippen LogP contribution in [-0.4, -0.2) is 58.3 Å². The summed E-state index contributed by atoms with van der Waals surface area (Å²) < 4.78 is 4.84. The molecule has 1 aromatic heterocycles. The summed E-state index contributed by atoms with van der Waals surface area (Å²) in [6, 6.07) is 14.4. The van der Waals surface area contributed by atoms with Crippen molar-refractivity contribution in [3.63, 3.8) is 0 Å². The maximum atomic E-state index is 13.8. The van der Waals surface area contributed by atoms with Crippen molar-refractivity contribution >= 4 is 28.7 Å². The number of para-hydroxylation sites is 1. The third-order valence-electron chi connectivity index (χ3n) is 7.71. The summed E-state index contributed by atoms with van der Waals surface area (Å²) in [7, 11) is 1.35. The second kappa shape index (κ2) is 8.01. The van der Waals surface area contributed by atoms with E-state index < -0.39 is 18.1 Å².